The molecule has 0 atom stereocenters. The van der Waals surface area contributed by atoms with Crippen LogP contribution in [0.25, 0.3) is 0 Å². The van der Waals surface area contributed by atoms with Crippen LogP contribution in [-0.2, 0) is 20.2 Å². The molecule has 1 aromatic carbocycles. The van der Waals surface area contributed by atoms with Crippen LogP contribution in [0.3, 0.4) is 0 Å². The number of benzene rings is 1. The summed E-state index contributed by atoms with van der Waals surface area (Å²) in [7, 11) is -8.11. The summed E-state index contributed by atoms with van der Waals surface area (Å²) >= 11 is 0. The normalized spacial score (nSPS) is 12.1. The third-order valence-corrected chi connectivity index (χ3v) is 4.36. The quantitative estimate of drug-likeness (QED) is 0.246. The lowest BCUT2D eigenvalue weighted by atomic mass is 10.2. The third-order valence-electron chi connectivity index (χ3n) is 2.75. The number of hydrogen-bond acceptors (Lipinski definition) is 8. The van der Waals surface area contributed by atoms with E-state index in [9.17, 15) is 16.8 Å². The smallest absolute Gasteiger partial charge is 0.264 e. The van der Waals surface area contributed by atoms with Crippen molar-refractivity contribution in [1.29, 1.82) is 0 Å². The molecular formula is C12H20N2O8S2. The Morgan fingerprint density at radius 3 is 1.50 bits per heavy atom. The Morgan fingerprint density at radius 2 is 1.17 bits per heavy atom. The lowest BCUT2D eigenvalue weighted by molar-refractivity contribution is 0.302. The van der Waals surface area contributed by atoms with Gasteiger partial charge in [0, 0.05) is 6.07 Å². The van der Waals surface area contributed by atoms with Crippen molar-refractivity contribution in [2.75, 3.05) is 36.2 Å². The van der Waals surface area contributed by atoms with E-state index in [1.165, 1.54) is 12.1 Å². The molecular weight excluding hydrogens is 364 g/mol. The predicted octanol–water partition coefficient (Wildman–Crippen LogP) is 0.164. The average molecular weight is 384 g/mol. The summed E-state index contributed by atoms with van der Waals surface area (Å²) in [6, 6.07) is 2.78. The van der Waals surface area contributed by atoms with Crippen LogP contribution in [0.1, 0.15) is 12.8 Å². The van der Waals surface area contributed by atoms with Crippen LogP contribution < -0.4 is 20.9 Å². The van der Waals surface area contributed by atoms with E-state index in [4.69, 9.17) is 30.0 Å². The Labute approximate surface area is 140 Å². The number of nitrogens with two attached hydrogens (primary N) is 2. The van der Waals surface area contributed by atoms with E-state index in [1.54, 1.807) is 0 Å². The van der Waals surface area contributed by atoms with Gasteiger partial charge in [-0.05, 0) is 18.9 Å². The average Bonchev–Trinajstić information content (AvgIpc) is 2.41. The SMILES string of the molecule is Nc1cc(N)c(OCCCS(=O)(=O)O)cc1OCCCS(=O)(=O)O. The summed E-state index contributed by atoms with van der Waals surface area (Å²) in [6.45, 7) is -0.00773. The van der Waals surface area contributed by atoms with Crippen molar-refractivity contribution >= 4 is 31.6 Å². The highest BCUT2D eigenvalue weighted by molar-refractivity contribution is 7.86. The van der Waals surface area contributed by atoms with Crippen LogP contribution in [0.4, 0.5) is 11.4 Å². The van der Waals surface area contributed by atoms with Gasteiger partial charge in [0.15, 0.2) is 0 Å². The molecule has 6 N–H and O–H groups in total. The first kappa shape index (κ1) is 20.3. The number of rotatable bonds is 10. The van der Waals surface area contributed by atoms with Crippen molar-refractivity contribution in [2.24, 2.45) is 0 Å². The molecule has 0 radical (unpaired) electrons. The van der Waals surface area contributed by atoms with Crippen LogP contribution in [0.15, 0.2) is 12.1 Å². The summed E-state index contributed by atoms with van der Waals surface area (Å²) in [5.41, 5.74) is 11.9. The number of ether oxygens (including phenoxy) is 2. The van der Waals surface area contributed by atoms with Crippen LogP contribution in [0, 0.1) is 0 Å². The van der Waals surface area contributed by atoms with E-state index in [0.717, 1.165) is 0 Å². The molecule has 0 saturated heterocycles. The van der Waals surface area contributed by atoms with Gasteiger partial charge in [0.1, 0.15) is 11.5 Å². The first-order valence-corrected chi connectivity index (χ1v) is 10.0. The van der Waals surface area contributed by atoms with E-state index in [-0.39, 0.29) is 48.9 Å². The zero-order chi connectivity index (χ0) is 18.4. The summed E-state index contributed by atoms with van der Waals surface area (Å²) < 4.78 is 70.3. The molecule has 24 heavy (non-hydrogen) atoms. The van der Waals surface area contributed by atoms with Crippen molar-refractivity contribution < 1.29 is 35.4 Å². The molecule has 1 aromatic rings. The maximum Gasteiger partial charge on any atom is 0.264 e. The van der Waals surface area contributed by atoms with E-state index < -0.39 is 31.7 Å². The van der Waals surface area contributed by atoms with Crippen LogP contribution in [0.2, 0.25) is 0 Å². The van der Waals surface area contributed by atoms with Crippen molar-refractivity contribution in [1.82, 2.24) is 0 Å². The molecule has 0 saturated carbocycles. The zero-order valence-corrected chi connectivity index (χ0v) is 14.3. The standard InChI is InChI=1S/C12H20N2O8S2/c13-9-7-10(14)12(22-4-2-6-24(18,19)20)8-11(9)21-3-1-5-23(15,16)17/h7-8H,1-6,13-14H2,(H,15,16,17)(H,18,19,20). The maximum atomic E-state index is 10.6. The van der Waals surface area contributed by atoms with E-state index >= 15 is 0 Å². The largest absolute Gasteiger partial charge is 0.491 e. The molecule has 0 aliphatic heterocycles. The number of nitrogen functional groups attached to an aromatic ring is 2. The van der Waals surface area contributed by atoms with E-state index in [1.807, 2.05) is 0 Å². The Morgan fingerprint density at radius 1 is 0.792 bits per heavy atom. The minimum absolute atomic E-state index is 0.00386. The van der Waals surface area contributed by atoms with Crippen LogP contribution in [0.5, 0.6) is 11.5 Å². The molecule has 0 aliphatic carbocycles. The summed E-state index contributed by atoms with van der Waals surface area (Å²) in [5.74, 6) is -0.463. The Kier molecular flexibility index (Phi) is 7.08. The second-order valence-electron chi connectivity index (χ2n) is 4.90. The van der Waals surface area contributed by atoms with Gasteiger partial charge in [0.25, 0.3) is 20.2 Å². The maximum absolute atomic E-state index is 10.6. The molecule has 0 fully saturated rings. The fourth-order valence-corrected chi connectivity index (χ4v) is 2.66. The first-order chi connectivity index (χ1) is 11.0. The topological polar surface area (TPSA) is 179 Å². The monoisotopic (exact) mass is 384 g/mol. The fraction of sp³-hybridized carbons (Fsp3) is 0.500. The minimum Gasteiger partial charge on any atom is -0.491 e. The summed E-state index contributed by atoms with van der Waals surface area (Å²) in [5, 5.41) is 0. The molecule has 0 heterocycles. The second-order valence-corrected chi connectivity index (χ2v) is 8.05. The minimum atomic E-state index is -4.06. The molecule has 1 rings (SSSR count). The Bertz CT molecular complexity index is 700. The van der Waals surface area contributed by atoms with Crippen LogP contribution >= 0.6 is 0 Å². The van der Waals surface area contributed by atoms with Gasteiger partial charge in [-0.2, -0.15) is 16.8 Å². The highest BCUT2D eigenvalue weighted by Gasteiger charge is 2.11. The van der Waals surface area contributed by atoms with E-state index in [2.05, 4.69) is 0 Å². The second kappa shape index (κ2) is 8.37. The molecule has 0 aromatic heterocycles. The fourth-order valence-electron chi connectivity index (χ4n) is 1.69. The molecule has 138 valence electrons. The van der Waals surface area contributed by atoms with Crippen molar-refractivity contribution in [3.63, 3.8) is 0 Å². The number of anilines is 2. The van der Waals surface area contributed by atoms with E-state index in [0.29, 0.717) is 0 Å². The zero-order valence-electron chi connectivity index (χ0n) is 12.7. The van der Waals surface area contributed by atoms with Gasteiger partial charge in [0.2, 0.25) is 0 Å². The van der Waals surface area contributed by atoms with Gasteiger partial charge >= 0.3 is 0 Å². The lowest BCUT2D eigenvalue weighted by Crippen LogP contribution is -2.10. The third kappa shape index (κ3) is 8.19. The van der Waals surface area contributed by atoms with Crippen LogP contribution in [-0.4, -0.2) is 50.7 Å². The summed E-state index contributed by atoms with van der Waals surface area (Å²) in [4.78, 5) is 0. The summed E-state index contributed by atoms with van der Waals surface area (Å²) in [6.07, 6.45) is 0.125. The molecule has 0 aliphatic rings. The van der Waals surface area contributed by atoms with Crippen molar-refractivity contribution in [3.05, 3.63) is 12.1 Å². The molecule has 10 nitrogen and oxygen atoms in total. The highest BCUT2D eigenvalue weighted by atomic mass is 32.2. The molecule has 0 amide bonds. The molecule has 0 unspecified atom stereocenters. The van der Waals surface area contributed by atoms with Gasteiger partial charge < -0.3 is 20.9 Å². The first-order valence-electron chi connectivity index (χ1n) is 6.83. The van der Waals surface area contributed by atoms with Crippen molar-refractivity contribution in [3.8, 4) is 11.5 Å². The van der Waals surface area contributed by atoms with Gasteiger partial charge in [-0.15, -0.1) is 0 Å². The van der Waals surface area contributed by atoms with Crippen molar-refractivity contribution in [2.45, 2.75) is 12.8 Å². The van der Waals surface area contributed by atoms with Gasteiger partial charge in [-0.3, -0.25) is 9.11 Å². The Balaban J connectivity index is 2.61. The Hall–Kier alpha value is -1.76. The van der Waals surface area contributed by atoms with Gasteiger partial charge in [-0.1, -0.05) is 0 Å². The predicted molar refractivity (Wildman–Crippen MR) is 88.3 cm³/mol. The molecule has 12 heteroatoms. The van der Waals surface area contributed by atoms with Gasteiger partial charge in [-0.25, -0.2) is 0 Å². The van der Waals surface area contributed by atoms with Gasteiger partial charge in [0.05, 0.1) is 36.1 Å². The number of hydrogen-bond donors (Lipinski definition) is 4. The lowest BCUT2D eigenvalue weighted by Gasteiger charge is -2.13. The highest BCUT2D eigenvalue weighted by Crippen LogP contribution is 2.33. The molecule has 0 spiro atoms. The molecule has 0 bridgehead atoms.